The van der Waals surface area contributed by atoms with Gasteiger partial charge in [-0.25, -0.2) is 4.79 Å². The number of nitrogens with two attached hydrogens (primary N) is 1. The molecule has 2 heterocycles. The van der Waals surface area contributed by atoms with Crippen molar-refractivity contribution in [3.05, 3.63) is 29.5 Å². The summed E-state index contributed by atoms with van der Waals surface area (Å²) in [6.07, 6.45) is 2.97. The Hall–Kier alpha value is -1.75. The topological polar surface area (TPSA) is 65.5 Å². The molecule has 0 fully saturated rings. The quantitative estimate of drug-likeness (QED) is 0.851. The summed E-state index contributed by atoms with van der Waals surface area (Å²) in [6, 6.07) is 1.79. The van der Waals surface area contributed by atoms with Gasteiger partial charge in [0.1, 0.15) is 10.6 Å². The summed E-state index contributed by atoms with van der Waals surface area (Å²) in [5.41, 5.74) is 7.82. The fourth-order valence-electron chi connectivity index (χ4n) is 1.49. The summed E-state index contributed by atoms with van der Waals surface area (Å²) in [5.74, 6) is -0.394. The summed E-state index contributed by atoms with van der Waals surface area (Å²) in [6.45, 7) is 3.61. The van der Waals surface area contributed by atoms with Gasteiger partial charge < -0.3 is 14.9 Å². The molecule has 0 saturated heterocycles. The normalized spacial score (nSPS) is 10.8. The smallest absolute Gasteiger partial charge is 0.342 e. The molecule has 0 aromatic carbocycles. The van der Waals surface area contributed by atoms with E-state index >= 15 is 0 Å². The molecule has 0 aliphatic heterocycles. The van der Waals surface area contributed by atoms with Crippen molar-refractivity contribution in [1.29, 1.82) is 0 Å². The molecule has 90 valence electrons. The van der Waals surface area contributed by atoms with Gasteiger partial charge in [-0.05, 0) is 19.9 Å². The van der Waals surface area contributed by atoms with Crippen LogP contribution in [0.25, 0.3) is 11.1 Å². The third-order valence-electron chi connectivity index (χ3n) is 2.20. The number of carbonyl (C=O) groups excluding carboxylic acids is 1. The van der Waals surface area contributed by atoms with Crippen LogP contribution in [0.2, 0.25) is 0 Å². The number of hydrogen-bond acceptors (Lipinski definition) is 5. The molecule has 2 aromatic heterocycles. The largest absolute Gasteiger partial charge is 0.472 e. The van der Waals surface area contributed by atoms with Crippen molar-refractivity contribution in [1.82, 2.24) is 0 Å². The van der Waals surface area contributed by atoms with Crippen LogP contribution in [-0.2, 0) is 4.74 Å². The van der Waals surface area contributed by atoms with Crippen LogP contribution in [0.15, 0.2) is 28.4 Å². The molecular formula is C12H13NO3S. The van der Waals surface area contributed by atoms with Crippen molar-refractivity contribution < 1.29 is 13.9 Å². The van der Waals surface area contributed by atoms with Gasteiger partial charge in [-0.1, -0.05) is 0 Å². The molecular weight excluding hydrogens is 238 g/mol. The first-order chi connectivity index (χ1) is 8.09. The molecule has 2 N–H and O–H groups in total. The Morgan fingerprint density at radius 2 is 2.29 bits per heavy atom. The Balaban J connectivity index is 2.40. The standard InChI is InChI=1S/C12H13NO3S/c1-7(2)16-12(14)10-9(6-17-11(10)13)8-3-4-15-5-8/h3-7H,13H2,1-2H3. The molecule has 17 heavy (non-hydrogen) atoms. The number of esters is 1. The zero-order valence-corrected chi connectivity index (χ0v) is 10.4. The first kappa shape index (κ1) is 11.7. The van der Waals surface area contributed by atoms with E-state index in [0.717, 1.165) is 11.1 Å². The molecule has 0 saturated carbocycles. The molecule has 0 aliphatic carbocycles. The maximum Gasteiger partial charge on any atom is 0.342 e. The molecule has 0 bridgehead atoms. The summed E-state index contributed by atoms with van der Waals surface area (Å²) in [5, 5.41) is 2.30. The van der Waals surface area contributed by atoms with E-state index in [1.165, 1.54) is 11.3 Å². The zero-order chi connectivity index (χ0) is 12.4. The average Bonchev–Trinajstić information content (AvgIpc) is 2.84. The van der Waals surface area contributed by atoms with Crippen molar-refractivity contribution in [2.75, 3.05) is 5.73 Å². The Kier molecular flexibility index (Phi) is 3.19. The van der Waals surface area contributed by atoms with Crippen LogP contribution < -0.4 is 5.73 Å². The lowest BCUT2D eigenvalue weighted by molar-refractivity contribution is 0.0380. The number of carbonyl (C=O) groups is 1. The highest BCUT2D eigenvalue weighted by Crippen LogP contribution is 2.34. The number of hydrogen-bond donors (Lipinski definition) is 1. The van der Waals surface area contributed by atoms with Crippen LogP contribution in [-0.4, -0.2) is 12.1 Å². The first-order valence-electron chi connectivity index (χ1n) is 5.20. The second-order valence-corrected chi connectivity index (χ2v) is 4.77. The fourth-order valence-corrected chi connectivity index (χ4v) is 2.30. The van der Waals surface area contributed by atoms with Crippen LogP contribution in [0.5, 0.6) is 0 Å². The van der Waals surface area contributed by atoms with E-state index in [9.17, 15) is 4.79 Å². The van der Waals surface area contributed by atoms with Gasteiger partial charge in [0.05, 0.1) is 18.6 Å². The highest BCUT2D eigenvalue weighted by atomic mass is 32.1. The molecule has 0 amide bonds. The predicted molar refractivity (Wildman–Crippen MR) is 67.0 cm³/mol. The Morgan fingerprint density at radius 3 is 2.88 bits per heavy atom. The van der Waals surface area contributed by atoms with E-state index in [1.54, 1.807) is 32.4 Å². The van der Waals surface area contributed by atoms with Gasteiger partial charge in [-0.3, -0.25) is 0 Å². The minimum atomic E-state index is -0.394. The molecule has 0 radical (unpaired) electrons. The van der Waals surface area contributed by atoms with E-state index in [-0.39, 0.29) is 6.10 Å². The number of thiophene rings is 1. The molecule has 4 nitrogen and oxygen atoms in total. The summed E-state index contributed by atoms with van der Waals surface area (Å²) < 4.78 is 10.2. The summed E-state index contributed by atoms with van der Waals surface area (Å²) >= 11 is 1.32. The number of nitrogen functional groups attached to an aromatic ring is 1. The Morgan fingerprint density at radius 1 is 1.53 bits per heavy atom. The molecule has 2 rings (SSSR count). The van der Waals surface area contributed by atoms with Gasteiger partial charge in [0.2, 0.25) is 0 Å². The van der Waals surface area contributed by atoms with Crippen LogP contribution in [0.4, 0.5) is 5.00 Å². The monoisotopic (exact) mass is 251 g/mol. The SMILES string of the molecule is CC(C)OC(=O)c1c(-c2ccoc2)csc1N. The lowest BCUT2D eigenvalue weighted by Crippen LogP contribution is -2.13. The lowest BCUT2D eigenvalue weighted by atomic mass is 10.1. The van der Waals surface area contributed by atoms with Crippen molar-refractivity contribution in [3.8, 4) is 11.1 Å². The van der Waals surface area contributed by atoms with Gasteiger partial charge in [0.25, 0.3) is 0 Å². The maximum atomic E-state index is 11.9. The Labute approximate surface area is 103 Å². The predicted octanol–water partition coefficient (Wildman–Crippen LogP) is 3.16. The average molecular weight is 251 g/mol. The number of anilines is 1. The van der Waals surface area contributed by atoms with Crippen LogP contribution >= 0.6 is 11.3 Å². The summed E-state index contributed by atoms with van der Waals surface area (Å²) in [4.78, 5) is 11.9. The molecule has 2 aromatic rings. The number of rotatable bonds is 3. The van der Waals surface area contributed by atoms with Gasteiger partial charge >= 0.3 is 5.97 Å². The third kappa shape index (κ3) is 2.34. The first-order valence-corrected chi connectivity index (χ1v) is 6.08. The number of furan rings is 1. The van der Waals surface area contributed by atoms with Crippen LogP contribution in [0.3, 0.4) is 0 Å². The zero-order valence-electron chi connectivity index (χ0n) is 9.60. The van der Waals surface area contributed by atoms with Gasteiger partial charge in [0.15, 0.2) is 0 Å². The van der Waals surface area contributed by atoms with E-state index in [1.807, 2.05) is 5.38 Å². The van der Waals surface area contributed by atoms with Crippen molar-refractivity contribution in [2.45, 2.75) is 20.0 Å². The van der Waals surface area contributed by atoms with E-state index < -0.39 is 5.97 Å². The Bertz CT molecular complexity index is 514. The highest BCUT2D eigenvalue weighted by molar-refractivity contribution is 7.14. The minimum absolute atomic E-state index is 0.168. The molecule has 0 aliphatic rings. The van der Waals surface area contributed by atoms with E-state index in [2.05, 4.69) is 0 Å². The van der Waals surface area contributed by atoms with E-state index in [4.69, 9.17) is 14.9 Å². The second kappa shape index (κ2) is 4.63. The van der Waals surface area contributed by atoms with Crippen LogP contribution in [0.1, 0.15) is 24.2 Å². The van der Waals surface area contributed by atoms with E-state index in [0.29, 0.717) is 10.6 Å². The van der Waals surface area contributed by atoms with Crippen molar-refractivity contribution in [3.63, 3.8) is 0 Å². The third-order valence-corrected chi connectivity index (χ3v) is 3.01. The van der Waals surface area contributed by atoms with Crippen molar-refractivity contribution >= 4 is 22.3 Å². The van der Waals surface area contributed by atoms with Gasteiger partial charge in [0, 0.05) is 16.5 Å². The van der Waals surface area contributed by atoms with Gasteiger partial charge in [-0.15, -0.1) is 11.3 Å². The maximum absolute atomic E-state index is 11.9. The molecule has 0 spiro atoms. The summed E-state index contributed by atoms with van der Waals surface area (Å²) in [7, 11) is 0. The molecule has 5 heteroatoms. The fraction of sp³-hybridized carbons (Fsp3) is 0.250. The lowest BCUT2D eigenvalue weighted by Gasteiger charge is -2.08. The minimum Gasteiger partial charge on any atom is -0.472 e. The second-order valence-electron chi connectivity index (χ2n) is 3.85. The molecule has 0 atom stereocenters. The van der Waals surface area contributed by atoms with Crippen molar-refractivity contribution in [2.24, 2.45) is 0 Å². The highest BCUT2D eigenvalue weighted by Gasteiger charge is 2.21. The van der Waals surface area contributed by atoms with Gasteiger partial charge in [-0.2, -0.15) is 0 Å². The molecule has 0 unspecified atom stereocenters. The number of ether oxygens (including phenoxy) is 1. The van der Waals surface area contributed by atoms with Crippen LogP contribution in [0, 0.1) is 0 Å².